The molecule has 0 radical (unpaired) electrons. The second kappa shape index (κ2) is 6.61. The lowest BCUT2D eigenvalue weighted by Crippen LogP contribution is -2.26. The Labute approximate surface area is 152 Å². The first-order chi connectivity index (χ1) is 11.3. The maximum Gasteiger partial charge on any atom is 0.281 e. The number of amides is 1. The molecule has 1 heterocycles. The summed E-state index contributed by atoms with van der Waals surface area (Å²) in [7, 11) is -2.06. The van der Waals surface area contributed by atoms with Crippen molar-refractivity contribution in [1.29, 1.82) is 0 Å². The first kappa shape index (κ1) is 17.6. The Balaban J connectivity index is 2.04. The van der Waals surface area contributed by atoms with Crippen LogP contribution in [-0.4, -0.2) is 24.9 Å². The summed E-state index contributed by atoms with van der Waals surface area (Å²) in [4.78, 5) is 16.7. The topological polar surface area (TPSA) is 80.5 Å². The first-order valence-corrected chi connectivity index (χ1v) is 10.1. The molecule has 1 saturated carbocycles. The summed E-state index contributed by atoms with van der Waals surface area (Å²) in [5.74, 6) is -0.627. The number of carbonyl (C=O) groups excluding carboxylic acids is 1. The van der Waals surface area contributed by atoms with E-state index in [2.05, 4.69) is 9.71 Å². The van der Waals surface area contributed by atoms with Crippen molar-refractivity contribution in [1.82, 2.24) is 9.29 Å². The van der Waals surface area contributed by atoms with Crippen LogP contribution < -0.4 is 9.52 Å². The molecule has 1 aliphatic rings. The number of thiazole rings is 1. The predicted octanol–water partition coefficient (Wildman–Crippen LogP) is 2.58. The van der Waals surface area contributed by atoms with Crippen molar-refractivity contribution in [2.24, 2.45) is 12.0 Å². The Morgan fingerprint density at radius 1 is 1.33 bits per heavy atom. The van der Waals surface area contributed by atoms with E-state index in [1.807, 2.05) is 0 Å². The summed E-state index contributed by atoms with van der Waals surface area (Å²) in [6.07, 6.45) is 3.34. The van der Waals surface area contributed by atoms with Crippen molar-refractivity contribution in [3.8, 4) is 0 Å². The van der Waals surface area contributed by atoms with Crippen molar-refractivity contribution in [3.05, 3.63) is 44.1 Å². The molecule has 10 heteroatoms. The standard InChI is InChI=1S/C14H13Cl2N3O3S2/c1-19-4-5-23-14(19)17-13(20)9-6-12(11(16)7-10(9)15)24(21,22)18-8-2-3-8/h4-8,18H,2-3H2,1H3. The molecule has 1 N–H and O–H groups in total. The summed E-state index contributed by atoms with van der Waals surface area (Å²) in [5, 5.41) is 1.80. The van der Waals surface area contributed by atoms with Gasteiger partial charge >= 0.3 is 0 Å². The summed E-state index contributed by atoms with van der Waals surface area (Å²) >= 11 is 13.4. The minimum absolute atomic E-state index is 0.00867. The van der Waals surface area contributed by atoms with Crippen molar-refractivity contribution in [2.45, 2.75) is 23.8 Å². The van der Waals surface area contributed by atoms with Crippen LogP contribution in [0.3, 0.4) is 0 Å². The number of nitrogens with one attached hydrogen (secondary N) is 1. The molecule has 1 aliphatic carbocycles. The Kier molecular flexibility index (Phi) is 4.85. The lowest BCUT2D eigenvalue weighted by atomic mass is 10.2. The van der Waals surface area contributed by atoms with E-state index in [-0.39, 0.29) is 26.5 Å². The zero-order valence-electron chi connectivity index (χ0n) is 12.5. The van der Waals surface area contributed by atoms with Crippen LogP contribution in [0.15, 0.2) is 33.6 Å². The van der Waals surface area contributed by atoms with Crippen LogP contribution in [0, 0.1) is 0 Å². The Bertz CT molecular complexity index is 975. The van der Waals surface area contributed by atoms with E-state index in [1.165, 1.54) is 23.5 Å². The third-order valence-electron chi connectivity index (χ3n) is 3.40. The molecule has 1 amide bonds. The fourth-order valence-electron chi connectivity index (χ4n) is 1.96. The van der Waals surface area contributed by atoms with Crippen molar-refractivity contribution < 1.29 is 13.2 Å². The van der Waals surface area contributed by atoms with Gasteiger partial charge in [-0.1, -0.05) is 23.2 Å². The largest absolute Gasteiger partial charge is 0.327 e. The van der Waals surface area contributed by atoms with Gasteiger partial charge < -0.3 is 4.57 Å². The van der Waals surface area contributed by atoms with Crippen LogP contribution in [0.1, 0.15) is 23.2 Å². The number of aromatic nitrogens is 1. The van der Waals surface area contributed by atoms with Gasteiger partial charge in [-0.25, -0.2) is 13.1 Å². The van der Waals surface area contributed by atoms with Gasteiger partial charge in [0, 0.05) is 24.7 Å². The van der Waals surface area contributed by atoms with Crippen LogP contribution in [0.25, 0.3) is 0 Å². The third-order valence-corrected chi connectivity index (χ3v) is 6.54. The average Bonchev–Trinajstić information content (AvgIpc) is 3.19. The maximum atomic E-state index is 12.4. The van der Waals surface area contributed by atoms with Crippen LogP contribution in [0.4, 0.5) is 0 Å². The monoisotopic (exact) mass is 405 g/mol. The van der Waals surface area contributed by atoms with Gasteiger partial charge in [0.25, 0.3) is 5.91 Å². The zero-order chi connectivity index (χ0) is 17.5. The molecule has 1 aromatic carbocycles. The van der Waals surface area contributed by atoms with E-state index < -0.39 is 15.9 Å². The van der Waals surface area contributed by atoms with Gasteiger partial charge in [-0.15, -0.1) is 11.3 Å². The average molecular weight is 406 g/mol. The summed E-state index contributed by atoms with van der Waals surface area (Å²) < 4.78 is 29.0. The molecule has 3 rings (SSSR count). The van der Waals surface area contributed by atoms with Crippen molar-refractivity contribution >= 4 is 50.5 Å². The van der Waals surface area contributed by atoms with Gasteiger partial charge in [0.05, 0.1) is 15.6 Å². The van der Waals surface area contributed by atoms with Gasteiger partial charge in [0.15, 0.2) is 4.80 Å². The molecule has 0 bridgehead atoms. The molecule has 0 spiro atoms. The maximum absolute atomic E-state index is 12.4. The minimum Gasteiger partial charge on any atom is -0.327 e. The van der Waals surface area contributed by atoms with Crippen LogP contribution in [-0.2, 0) is 17.1 Å². The summed E-state index contributed by atoms with van der Waals surface area (Å²) in [5.41, 5.74) is -0.00867. The van der Waals surface area contributed by atoms with Crippen LogP contribution in [0.2, 0.25) is 10.0 Å². The predicted molar refractivity (Wildman–Crippen MR) is 93.0 cm³/mol. The van der Waals surface area contributed by atoms with Crippen molar-refractivity contribution in [2.75, 3.05) is 0 Å². The van der Waals surface area contributed by atoms with Crippen molar-refractivity contribution in [3.63, 3.8) is 0 Å². The zero-order valence-corrected chi connectivity index (χ0v) is 15.6. The highest BCUT2D eigenvalue weighted by molar-refractivity contribution is 7.89. The summed E-state index contributed by atoms with van der Waals surface area (Å²) in [6.45, 7) is 0. The number of nitrogens with zero attached hydrogens (tertiary/aromatic N) is 2. The molecule has 0 unspecified atom stereocenters. The fraction of sp³-hybridized carbons (Fsp3) is 0.286. The lowest BCUT2D eigenvalue weighted by Gasteiger charge is -2.09. The molecule has 6 nitrogen and oxygen atoms in total. The number of sulfonamides is 1. The second-order valence-electron chi connectivity index (χ2n) is 5.37. The quantitative estimate of drug-likeness (QED) is 0.848. The molecule has 128 valence electrons. The number of rotatable bonds is 4. The SMILES string of the molecule is Cn1ccsc1=NC(=O)c1cc(S(=O)(=O)NC2CC2)c(Cl)cc1Cl. The van der Waals surface area contributed by atoms with E-state index in [0.717, 1.165) is 12.8 Å². The second-order valence-corrected chi connectivity index (χ2v) is 8.74. The highest BCUT2D eigenvalue weighted by atomic mass is 35.5. The minimum atomic E-state index is -3.81. The number of benzene rings is 1. The van der Waals surface area contributed by atoms with Crippen LogP contribution in [0.5, 0.6) is 0 Å². The number of aryl methyl sites for hydroxylation is 1. The molecular weight excluding hydrogens is 393 g/mol. The van der Waals surface area contributed by atoms with E-state index in [9.17, 15) is 13.2 Å². The first-order valence-electron chi connectivity index (χ1n) is 6.98. The lowest BCUT2D eigenvalue weighted by molar-refractivity contribution is 0.0998. The van der Waals surface area contributed by atoms with E-state index in [0.29, 0.717) is 4.80 Å². The van der Waals surface area contributed by atoms with Gasteiger partial charge in [-0.3, -0.25) is 4.79 Å². The van der Waals surface area contributed by atoms with Gasteiger partial charge in [0.2, 0.25) is 10.0 Å². The third kappa shape index (κ3) is 3.73. The molecule has 24 heavy (non-hydrogen) atoms. The van der Waals surface area contributed by atoms with Crippen LogP contribution >= 0.6 is 34.5 Å². The molecule has 0 aliphatic heterocycles. The van der Waals surface area contributed by atoms with E-state index >= 15 is 0 Å². The van der Waals surface area contributed by atoms with E-state index in [4.69, 9.17) is 23.2 Å². The summed E-state index contributed by atoms with van der Waals surface area (Å²) in [6, 6.07) is 2.35. The fourth-order valence-corrected chi connectivity index (χ4v) is 4.85. The molecule has 0 atom stereocenters. The van der Waals surface area contributed by atoms with Gasteiger partial charge in [0.1, 0.15) is 4.90 Å². The van der Waals surface area contributed by atoms with E-state index in [1.54, 1.807) is 23.2 Å². The number of hydrogen-bond donors (Lipinski definition) is 1. The Morgan fingerprint density at radius 2 is 2.04 bits per heavy atom. The van der Waals surface area contributed by atoms with Gasteiger partial charge in [-0.05, 0) is 25.0 Å². The highest BCUT2D eigenvalue weighted by Gasteiger charge is 2.30. The van der Waals surface area contributed by atoms with Gasteiger partial charge in [-0.2, -0.15) is 4.99 Å². The normalized spacial score (nSPS) is 15.7. The molecule has 1 fully saturated rings. The number of hydrogen-bond acceptors (Lipinski definition) is 4. The number of halogens is 2. The molecule has 0 saturated heterocycles. The Hall–Kier alpha value is -1.19. The molecule has 2 aromatic rings. The highest BCUT2D eigenvalue weighted by Crippen LogP contribution is 2.31. The Morgan fingerprint density at radius 3 is 2.62 bits per heavy atom. The molecular formula is C14H13Cl2N3O3S2. The number of carbonyl (C=O) groups is 1. The molecule has 1 aromatic heterocycles. The smallest absolute Gasteiger partial charge is 0.281 e.